The van der Waals surface area contributed by atoms with Crippen LogP contribution in [-0.2, 0) is 4.79 Å². The zero-order valence-electron chi connectivity index (χ0n) is 10.3. The maximum Gasteiger partial charge on any atom is 0.236 e. The minimum absolute atomic E-state index is 0.264. The topological polar surface area (TPSA) is 32.3 Å². The zero-order chi connectivity index (χ0) is 11.3. The van der Waals surface area contributed by atoms with Crippen molar-refractivity contribution >= 4 is 5.91 Å². The van der Waals surface area contributed by atoms with Crippen LogP contribution in [0.2, 0.25) is 0 Å². The Labute approximate surface area is 93.2 Å². The van der Waals surface area contributed by atoms with E-state index in [1.807, 2.05) is 11.8 Å². The largest absolute Gasteiger partial charge is 0.341 e. The van der Waals surface area contributed by atoms with Gasteiger partial charge in [0.15, 0.2) is 0 Å². The fourth-order valence-electron chi connectivity index (χ4n) is 2.32. The predicted molar refractivity (Wildman–Crippen MR) is 62.8 cm³/mol. The van der Waals surface area contributed by atoms with Crippen LogP contribution in [0.25, 0.3) is 0 Å². The molecule has 0 aromatic rings. The number of hydrogen-bond acceptors (Lipinski definition) is 2. The van der Waals surface area contributed by atoms with E-state index in [4.69, 9.17) is 0 Å². The second-order valence-corrected chi connectivity index (χ2v) is 4.55. The van der Waals surface area contributed by atoms with Gasteiger partial charge in [0.2, 0.25) is 5.91 Å². The Morgan fingerprint density at radius 3 is 2.47 bits per heavy atom. The van der Waals surface area contributed by atoms with Gasteiger partial charge in [0.05, 0.1) is 6.54 Å². The van der Waals surface area contributed by atoms with Crippen LogP contribution >= 0.6 is 0 Å². The molecule has 0 bridgehead atoms. The normalized spacial score (nSPS) is 19.5. The van der Waals surface area contributed by atoms with Gasteiger partial charge < -0.3 is 10.2 Å². The molecule has 1 fully saturated rings. The van der Waals surface area contributed by atoms with Gasteiger partial charge in [-0.15, -0.1) is 0 Å². The van der Waals surface area contributed by atoms with Crippen LogP contribution in [0.1, 0.15) is 40.0 Å². The maximum atomic E-state index is 11.8. The molecule has 1 amide bonds. The summed E-state index contributed by atoms with van der Waals surface area (Å²) in [6.45, 7) is 9.78. The van der Waals surface area contributed by atoms with E-state index >= 15 is 0 Å². The fraction of sp³-hybridized carbons (Fsp3) is 0.917. The molecule has 0 aromatic heterocycles. The number of carbonyl (C=O) groups is 1. The Hall–Kier alpha value is -0.570. The highest BCUT2D eigenvalue weighted by Gasteiger charge is 2.36. The third-order valence-corrected chi connectivity index (χ3v) is 3.82. The van der Waals surface area contributed by atoms with Crippen LogP contribution in [0, 0.1) is 5.41 Å². The highest BCUT2D eigenvalue weighted by molar-refractivity contribution is 5.78. The quantitative estimate of drug-likeness (QED) is 0.751. The highest BCUT2D eigenvalue weighted by Crippen LogP contribution is 2.36. The third-order valence-electron chi connectivity index (χ3n) is 3.82. The third kappa shape index (κ3) is 2.94. The molecule has 0 aliphatic carbocycles. The van der Waals surface area contributed by atoms with E-state index < -0.39 is 0 Å². The van der Waals surface area contributed by atoms with Crippen LogP contribution in [-0.4, -0.2) is 37.0 Å². The first-order chi connectivity index (χ1) is 7.17. The molecule has 1 aliphatic rings. The second kappa shape index (κ2) is 5.50. The second-order valence-electron chi connectivity index (χ2n) is 4.55. The molecule has 88 valence electrons. The number of likely N-dealkylation sites (tertiary alicyclic amines) is 1. The van der Waals surface area contributed by atoms with Gasteiger partial charge in [-0.2, -0.15) is 0 Å². The first-order valence-electron chi connectivity index (χ1n) is 6.16. The van der Waals surface area contributed by atoms with Gasteiger partial charge in [0, 0.05) is 13.1 Å². The summed E-state index contributed by atoms with van der Waals surface area (Å²) in [5.41, 5.74) is 0.405. The van der Waals surface area contributed by atoms with Gasteiger partial charge in [-0.1, -0.05) is 20.8 Å². The van der Waals surface area contributed by atoms with Gasteiger partial charge in [-0.05, 0) is 31.2 Å². The van der Waals surface area contributed by atoms with Crippen molar-refractivity contribution in [3.8, 4) is 0 Å². The monoisotopic (exact) mass is 212 g/mol. The Kier molecular flexibility index (Phi) is 4.58. The van der Waals surface area contributed by atoms with Crippen molar-refractivity contribution in [2.24, 2.45) is 5.41 Å². The summed E-state index contributed by atoms with van der Waals surface area (Å²) in [4.78, 5) is 13.8. The lowest BCUT2D eigenvalue weighted by atomic mass is 9.82. The Morgan fingerprint density at radius 1 is 1.33 bits per heavy atom. The van der Waals surface area contributed by atoms with Crippen LogP contribution in [0.4, 0.5) is 0 Å². The van der Waals surface area contributed by atoms with Crippen molar-refractivity contribution in [2.75, 3.05) is 26.2 Å². The molecular formula is C12H24N2O. The van der Waals surface area contributed by atoms with Gasteiger partial charge in [0.1, 0.15) is 0 Å². The first kappa shape index (κ1) is 12.5. The number of hydrogen-bond donors (Lipinski definition) is 1. The SMILES string of the molecule is CCNCC(=O)N1CCC(CC)(CC)C1. The van der Waals surface area contributed by atoms with E-state index in [1.54, 1.807) is 0 Å². The van der Waals surface area contributed by atoms with Crippen LogP contribution in [0.3, 0.4) is 0 Å². The van der Waals surface area contributed by atoms with Crippen molar-refractivity contribution in [1.29, 1.82) is 0 Å². The van der Waals surface area contributed by atoms with Crippen LogP contribution < -0.4 is 5.32 Å². The summed E-state index contributed by atoms with van der Waals surface area (Å²) in [5, 5.41) is 3.10. The lowest BCUT2D eigenvalue weighted by Gasteiger charge is -2.26. The van der Waals surface area contributed by atoms with Crippen molar-refractivity contribution < 1.29 is 4.79 Å². The number of carbonyl (C=O) groups excluding carboxylic acids is 1. The summed E-state index contributed by atoms with van der Waals surface area (Å²) in [5.74, 6) is 0.264. The molecule has 0 saturated carbocycles. The fourth-order valence-corrected chi connectivity index (χ4v) is 2.32. The van der Waals surface area contributed by atoms with E-state index in [1.165, 1.54) is 19.3 Å². The number of nitrogens with zero attached hydrogens (tertiary/aromatic N) is 1. The average molecular weight is 212 g/mol. The molecule has 1 N–H and O–H groups in total. The summed E-state index contributed by atoms with van der Waals surface area (Å²) in [6, 6.07) is 0. The Balaban J connectivity index is 2.44. The molecule has 15 heavy (non-hydrogen) atoms. The average Bonchev–Trinajstić information content (AvgIpc) is 2.71. The van der Waals surface area contributed by atoms with Gasteiger partial charge in [0.25, 0.3) is 0 Å². The van der Waals surface area contributed by atoms with Gasteiger partial charge in [-0.3, -0.25) is 4.79 Å². The lowest BCUT2D eigenvalue weighted by molar-refractivity contribution is -0.129. The smallest absolute Gasteiger partial charge is 0.236 e. The number of amides is 1. The van der Waals surface area contributed by atoms with Crippen LogP contribution in [0.5, 0.6) is 0 Å². The molecule has 0 aromatic carbocycles. The van der Waals surface area contributed by atoms with Crippen molar-refractivity contribution in [3.63, 3.8) is 0 Å². The summed E-state index contributed by atoms with van der Waals surface area (Å²) >= 11 is 0. The van der Waals surface area contributed by atoms with Gasteiger partial charge >= 0.3 is 0 Å². The van der Waals surface area contributed by atoms with Crippen molar-refractivity contribution in [2.45, 2.75) is 40.0 Å². The molecule has 0 radical (unpaired) electrons. The molecule has 1 aliphatic heterocycles. The van der Waals surface area contributed by atoms with E-state index in [0.717, 1.165) is 19.6 Å². The minimum atomic E-state index is 0.264. The van der Waals surface area contributed by atoms with E-state index in [2.05, 4.69) is 19.2 Å². The molecule has 3 nitrogen and oxygen atoms in total. The van der Waals surface area contributed by atoms with Gasteiger partial charge in [-0.25, -0.2) is 0 Å². The summed E-state index contributed by atoms with van der Waals surface area (Å²) in [7, 11) is 0. The van der Waals surface area contributed by atoms with E-state index in [0.29, 0.717) is 12.0 Å². The van der Waals surface area contributed by atoms with Crippen molar-refractivity contribution in [3.05, 3.63) is 0 Å². The molecular weight excluding hydrogens is 188 g/mol. The summed E-state index contributed by atoms with van der Waals surface area (Å²) in [6.07, 6.45) is 3.56. The van der Waals surface area contributed by atoms with E-state index in [-0.39, 0.29) is 5.91 Å². The standard InChI is InChI=1S/C12H24N2O/c1-4-12(5-2)7-8-14(10-12)11(15)9-13-6-3/h13H,4-10H2,1-3H3. The zero-order valence-corrected chi connectivity index (χ0v) is 10.3. The predicted octanol–water partition coefficient (Wildman–Crippen LogP) is 1.63. The lowest BCUT2D eigenvalue weighted by Crippen LogP contribution is -2.38. The molecule has 1 rings (SSSR count). The minimum Gasteiger partial charge on any atom is -0.341 e. The molecule has 1 heterocycles. The molecule has 3 heteroatoms. The maximum absolute atomic E-state index is 11.8. The Morgan fingerprint density at radius 2 is 2.00 bits per heavy atom. The molecule has 0 spiro atoms. The van der Waals surface area contributed by atoms with Crippen LogP contribution in [0.15, 0.2) is 0 Å². The molecule has 0 atom stereocenters. The number of rotatable bonds is 5. The van der Waals surface area contributed by atoms with Crippen molar-refractivity contribution in [1.82, 2.24) is 10.2 Å². The molecule has 0 unspecified atom stereocenters. The first-order valence-corrected chi connectivity index (χ1v) is 6.16. The molecule has 1 saturated heterocycles. The summed E-state index contributed by atoms with van der Waals surface area (Å²) < 4.78 is 0. The Bertz CT molecular complexity index is 212. The number of nitrogens with one attached hydrogen (secondary N) is 1. The highest BCUT2D eigenvalue weighted by atomic mass is 16.2. The van der Waals surface area contributed by atoms with E-state index in [9.17, 15) is 4.79 Å². The number of likely N-dealkylation sites (N-methyl/N-ethyl adjacent to an activating group) is 1.